The van der Waals surface area contributed by atoms with Gasteiger partial charge in [-0.25, -0.2) is 4.79 Å². The first-order valence-electron chi connectivity index (χ1n) is 8.71. The number of methoxy groups -OCH3 is 1. The van der Waals surface area contributed by atoms with Crippen LogP contribution < -0.4 is 15.4 Å². The number of para-hydroxylation sites is 1. The number of urea groups is 1. The van der Waals surface area contributed by atoms with Gasteiger partial charge in [0, 0.05) is 6.04 Å². The maximum atomic E-state index is 12.4. The molecule has 1 fully saturated rings. The zero-order valence-electron chi connectivity index (χ0n) is 15.1. The van der Waals surface area contributed by atoms with Crippen LogP contribution in [0.15, 0.2) is 24.3 Å². The van der Waals surface area contributed by atoms with E-state index in [4.69, 9.17) is 4.74 Å². The third-order valence-electron chi connectivity index (χ3n) is 4.96. The third-order valence-corrected chi connectivity index (χ3v) is 4.96. The van der Waals surface area contributed by atoms with Crippen molar-refractivity contribution in [2.24, 2.45) is 11.8 Å². The average molecular weight is 334 g/mol. The highest BCUT2D eigenvalue weighted by Gasteiger charge is 2.42. The van der Waals surface area contributed by atoms with Crippen molar-refractivity contribution in [2.45, 2.75) is 51.6 Å². The van der Waals surface area contributed by atoms with Crippen molar-refractivity contribution in [1.29, 1.82) is 0 Å². The van der Waals surface area contributed by atoms with E-state index in [0.717, 1.165) is 24.2 Å². The van der Waals surface area contributed by atoms with Crippen LogP contribution in [0.4, 0.5) is 4.79 Å². The number of carbonyl (C=O) groups excluding carboxylic acids is 1. The molecule has 0 bridgehead atoms. The van der Waals surface area contributed by atoms with Gasteiger partial charge in [-0.3, -0.25) is 0 Å². The average Bonchev–Trinajstić information content (AvgIpc) is 3.39. The van der Waals surface area contributed by atoms with Crippen molar-refractivity contribution in [2.75, 3.05) is 13.7 Å². The van der Waals surface area contributed by atoms with Crippen molar-refractivity contribution >= 4 is 6.03 Å². The standard InChI is InChI=1S/C19H30N2O3/c1-13(2)16(11-14-7-5-6-8-17(14)24-4)20-18(23)21-19(3,12-22)15-9-10-15/h5-8,13,15-16,22H,9-12H2,1-4H3,(H2,20,21,23). The molecular weight excluding hydrogens is 304 g/mol. The van der Waals surface area contributed by atoms with E-state index in [-0.39, 0.29) is 24.6 Å². The van der Waals surface area contributed by atoms with Gasteiger partial charge >= 0.3 is 6.03 Å². The summed E-state index contributed by atoms with van der Waals surface area (Å²) in [7, 11) is 1.66. The van der Waals surface area contributed by atoms with Crippen LogP contribution in [0.1, 0.15) is 39.2 Å². The van der Waals surface area contributed by atoms with E-state index >= 15 is 0 Å². The highest BCUT2D eigenvalue weighted by atomic mass is 16.5. The SMILES string of the molecule is COc1ccccc1CC(NC(=O)NC(C)(CO)C1CC1)C(C)C. The minimum Gasteiger partial charge on any atom is -0.496 e. The van der Waals surface area contributed by atoms with E-state index in [1.807, 2.05) is 31.2 Å². The first kappa shape index (κ1) is 18.6. The van der Waals surface area contributed by atoms with E-state index in [1.165, 1.54) is 0 Å². The lowest BCUT2D eigenvalue weighted by molar-refractivity contribution is 0.153. The van der Waals surface area contributed by atoms with Gasteiger partial charge in [-0.1, -0.05) is 32.0 Å². The largest absolute Gasteiger partial charge is 0.496 e. The first-order chi connectivity index (χ1) is 11.4. The Labute approximate surface area is 144 Å². The zero-order chi connectivity index (χ0) is 17.7. The summed E-state index contributed by atoms with van der Waals surface area (Å²) >= 11 is 0. The summed E-state index contributed by atoms with van der Waals surface area (Å²) in [5.74, 6) is 1.49. The summed E-state index contributed by atoms with van der Waals surface area (Å²) in [6, 6.07) is 7.65. The number of hydrogen-bond acceptors (Lipinski definition) is 3. The maximum absolute atomic E-state index is 12.4. The number of aliphatic hydroxyl groups is 1. The molecule has 3 N–H and O–H groups in total. The lowest BCUT2D eigenvalue weighted by Gasteiger charge is -2.31. The fourth-order valence-electron chi connectivity index (χ4n) is 3.02. The number of hydrogen-bond donors (Lipinski definition) is 3. The van der Waals surface area contributed by atoms with E-state index < -0.39 is 5.54 Å². The van der Waals surface area contributed by atoms with Gasteiger partial charge in [-0.15, -0.1) is 0 Å². The predicted molar refractivity (Wildman–Crippen MR) is 95.2 cm³/mol. The summed E-state index contributed by atoms with van der Waals surface area (Å²) in [5, 5.41) is 15.7. The Morgan fingerprint density at radius 3 is 2.58 bits per heavy atom. The van der Waals surface area contributed by atoms with Crippen LogP contribution in [0.3, 0.4) is 0 Å². The van der Waals surface area contributed by atoms with Crippen molar-refractivity contribution in [1.82, 2.24) is 10.6 Å². The number of aliphatic hydroxyl groups excluding tert-OH is 1. The Hall–Kier alpha value is -1.75. The monoisotopic (exact) mass is 334 g/mol. The fourth-order valence-corrected chi connectivity index (χ4v) is 3.02. The van der Waals surface area contributed by atoms with Crippen LogP contribution in [0, 0.1) is 11.8 Å². The summed E-state index contributed by atoms with van der Waals surface area (Å²) in [6.45, 7) is 6.05. The Balaban J connectivity index is 2.01. The number of amides is 2. The summed E-state index contributed by atoms with van der Waals surface area (Å²) in [4.78, 5) is 12.4. The highest BCUT2D eigenvalue weighted by Crippen LogP contribution is 2.39. The van der Waals surface area contributed by atoms with Gasteiger partial charge in [-0.2, -0.15) is 0 Å². The molecule has 2 rings (SSSR count). The molecule has 5 nitrogen and oxygen atoms in total. The molecular formula is C19H30N2O3. The number of rotatable bonds is 8. The smallest absolute Gasteiger partial charge is 0.315 e. The van der Waals surface area contributed by atoms with Gasteiger partial charge < -0.3 is 20.5 Å². The maximum Gasteiger partial charge on any atom is 0.315 e. The van der Waals surface area contributed by atoms with Gasteiger partial charge in [0.25, 0.3) is 0 Å². The molecule has 1 aliphatic carbocycles. The molecule has 1 aliphatic rings. The van der Waals surface area contributed by atoms with Crippen LogP contribution >= 0.6 is 0 Å². The molecule has 1 saturated carbocycles. The minimum atomic E-state index is -0.532. The van der Waals surface area contributed by atoms with E-state index in [1.54, 1.807) is 7.11 Å². The molecule has 1 aromatic carbocycles. The molecule has 1 aromatic rings. The minimum absolute atomic E-state index is 0.0107. The van der Waals surface area contributed by atoms with E-state index in [9.17, 15) is 9.90 Å². The van der Waals surface area contributed by atoms with Crippen LogP contribution in [0.5, 0.6) is 5.75 Å². The van der Waals surface area contributed by atoms with Crippen LogP contribution in [0.2, 0.25) is 0 Å². The summed E-state index contributed by atoms with van der Waals surface area (Å²) in [6.07, 6.45) is 2.83. The summed E-state index contributed by atoms with van der Waals surface area (Å²) < 4.78 is 5.41. The van der Waals surface area contributed by atoms with Gasteiger partial charge in [-0.05, 0) is 49.7 Å². The van der Waals surface area contributed by atoms with E-state index in [2.05, 4.69) is 24.5 Å². The molecule has 0 spiro atoms. The second-order valence-corrected chi connectivity index (χ2v) is 7.31. The second kappa shape index (κ2) is 7.88. The fraction of sp³-hybridized carbons (Fsp3) is 0.632. The number of carbonyl (C=O) groups is 1. The molecule has 0 aliphatic heterocycles. The van der Waals surface area contributed by atoms with Crippen LogP contribution in [-0.2, 0) is 6.42 Å². The third kappa shape index (κ3) is 4.63. The molecule has 2 atom stereocenters. The van der Waals surface area contributed by atoms with Gasteiger partial charge in [0.1, 0.15) is 5.75 Å². The molecule has 0 heterocycles. The van der Waals surface area contributed by atoms with Crippen molar-refractivity contribution < 1.29 is 14.6 Å². The Bertz CT molecular complexity index is 557. The van der Waals surface area contributed by atoms with Crippen molar-refractivity contribution in [3.63, 3.8) is 0 Å². The number of nitrogens with one attached hydrogen (secondary N) is 2. The van der Waals surface area contributed by atoms with E-state index in [0.29, 0.717) is 12.3 Å². The van der Waals surface area contributed by atoms with Crippen molar-refractivity contribution in [3.05, 3.63) is 29.8 Å². The topological polar surface area (TPSA) is 70.6 Å². The quantitative estimate of drug-likeness (QED) is 0.684. The van der Waals surface area contributed by atoms with Gasteiger partial charge in [0.05, 0.1) is 19.3 Å². The van der Waals surface area contributed by atoms with Crippen LogP contribution in [0.25, 0.3) is 0 Å². The number of benzene rings is 1. The van der Waals surface area contributed by atoms with Crippen molar-refractivity contribution in [3.8, 4) is 5.75 Å². The molecule has 2 unspecified atom stereocenters. The molecule has 134 valence electrons. The van der Waals surface area contributed by atoms with Gasteiger partial charge in [0.15, 0.2) is 0 Å². The Morgan fingerprint density at radius 2 is 2.04 bits per heavy atom. The lowest BCUT2D eigenvalue weighted by Crippen LogP contribution is -2.56. The molecule has 0 aromatic heterocycles. The Kier molecular flexibility index (Phi) is 6.10. The second-order valence-electron chi connectivity index (χ2n) is 7.31. The van der Waals surface area contributed by atoms with Gasteiger partial charge in [0.2, 0.25) is 0 Å². The highest BCUT2D eigenvalue weighted by molar-refractivity contribution is 5.75. The molecule has 0 saturated heterocycles. The molecule has 5 heteroatoms. The molecule has 2 amide bonds. The predicted octanol–water partition coefficient (Wildman–Crippen LogP) is 2.72. The summed E-state index contributed by atoms with van der Waals surface area (Å²) in [5.41, 5.74) is 0.543. The number of ether oxygens (including phenoxy) is 1. The zero-order valence-corrected chi connectivity index (χ0v) is 15.1. The first-order valence-corrected chi connectivity index (χ1v) is 8.71. The normalized spacial score (nSPS) is 17.9. The molecule has 0 radical (unpaired) electrons. The Morgan fingerprint density at radius 1 is 1.38 bits per heavy atom. The van der Waals surface area contributed by atoms with Crippen LogP contribution in [-0.4, -0.2) is 36.4 Å². The lowest BCUT2D eigenvalue weighted by atomic mass is 9.95. The molecule has 24 heavy (non-hydrogen) atoms.